The first-order chi connectivity index (χ1) is 14.8. The van der Waals surface area contributed by atoms with Crippen molar-refractivity contribution in [3.63, 3.8) is 0 Å². The number of nitrogens with two attached hydrogens (primary N) is 1. The summed E-state index contributed by atoms with van der Waals surface area (Å²) in [6, 6.07) is 9.15. The molecule has 1 aromatic carbocycles. The summed E-state index contributed by atoms with van der Waals surface area (Å²) in [4.78, 5) is 28.4. The number of carbonyl (C=O) groups is 2. The van der Waals surface area contributed by atoms with Crippen molar-refractivity contribution >= 4 is 17.5 Å². The molecule has 0 saturated heterocycles. The number of fused-ring (bicyclic) bond motifs is 1. The maximum atomic E-state index is 12.4. The van der Waals surface area contributed by atoms with Crippen LogP contribution >= 0.6 is 0 Å². The predicted octanol–water partition coefficient (Wildman–Crippen LogP) is 1.08. The van der Waals surface area contributed by atoms with Gasteiger partial charge in [0.25, 0.3) is 11.8 Å². The molecule has 0 fully saturated rings. The van der Waals surface area contributed by atoms with Crippen molar-refractivity contribution in [3.05, 3.63) is 71.7 Å². The molecule has 0 saturated carbocycles. The minimum absolute atomic E-state index is 0.324. The van der Waals surface area contributed by atoms with Gasteiger partial charge in [0, 0.05) is 40.8 Å². The summed E-state index contributed by atoms with van der Waals surface area (Å²) >= 11 is 0. The SMILES string of the molecule is CC(C)(N)C(NC(=O)c1ccc(C#CC#Cc2ccc3nccn3c2)cc1)C(=O)NO. The Morgan fingerprint density at radius 2 is 1.74 bits per heavy atom. The number of hydroxylamine groups is 1. The summed E-state index contributed by atoms with van der Waals surface area (Å²) in [5.74, 6) is 10.2. The minimum Gasteiger partial charge on any atom is -0.338 e. The van der Waals surface area contributed by atoms with Gasteiger partial charge in [0.2, 0.25) is 0 Å². The number of hydrogen-bond acceptors (Lipinski definition) is 5. The van der Waals surface area contributed by atoms with Crippen LogP contribution in [0.4, 0.5) is 0 Å². The zero-order valence-corrected chi connectivity index (χ0v) is 17.0. The third-order valence-corrected chi connectivity index (χ3v) is 4.40. The monoisotopic (exact) mass is 415 g/mol. The van der Waals surface area contributed by atoms with Crippen LogP contribution in [0.2, 0.25) is 0 Å². The van der Waals surface area contributed by atoms with Gasteiger partial charge in [0.05, 0.1) is 0 Å². The predicted molar refractivity (Wildman–Crippen MR) is 115 cm³/mol. The minimum atomic E-state index is -1.11. The van der Waals surface area contributed by atoms with Crippen LogP contribution in [0.3, 0.4) is 0 Å². The van der Waals surface area contributed by atoms with Crippen molar-refractivity contribution in [2.45, 2.75) is 25.4 Å². The second-order valence-corrected chi connectivity index (χ2v) is 7.39. The molecule has 3 rings (SSSR count). The van der Waals surface area contributed by atoms with Crippen molar-refractivity contribution < 1.29 is 14.8 Å². The number of imidazole rings is 1. The highest BCUT2D eigenvalue weighted by molar-refractivity contribution is 5.97. The zero-order valence-electron chi connectivity index (χ0n) is 17.0. The number of benzene rings is 1. The largest absolute Gasteiger partial charge is 0.338 e. The number of pyridine rings is 1. The molecule has 3 aromatic rings. The van der Waals surface area contributed by atoms with E-state index in [1.54, 1.807) is 44.3 Å². The van der Waals surface area contributed by atoms with Crippen LogP contribution in [0.1, 0.15) is 35.3 Å². The Kier molecular flexibility index (Phi) is 6.37. The van der Waals surface area contributed by atoms with Crippen molar-refractivity contribution in [2.75, 3.05) is 0 Å². The summed E-state index contributed by atoms with van der Waals surface area (Å²) in [6.07, 6.45) is 5.43. The molecule has 31 heavy (non-hydrogen) atoms. The van der Waals surface area contributed by atoms with E-state index in [2.05, 4.69) is 34.0 Å². The number of amides is 2. The van der Waals surface area contributed by atoms with E-state index in [1.807, 2.05) is 28.9 Å². The molecule has 0 aliphatic carbocycles. The molecule has 2 amide bonds. The lowest BCUT2D eigenvalue weighted by atomic mass is 9.95. The van der Waals surface area contributed by atoms with Crippen LogP contribution in [-0.2, 0) is 4.79 Å². The van der Waals surface area contributed by atoms with Gasteiger partial charge in [0.15, 0.2) is 0 Å². The van der Waals surface area contributed by atoms with E-state index in [4.69, 9.17) is 10.9 Å². The Bertz CT molecular complexity index is 1230. The zero-order chi connectivity index (χ0) is 22.4. The smallest absolute Gasteiger partial charge is 0.267 e. The number of aromatic nitrogens is 2. The molecule has 2 aromatic heterocycles. The van der Waals surface area contributed by atoms with Crippen molar-refractivity contribution in [3.8, 4) is 23.7 Å². The van der Waals surface area contributed by atoms with Crippen molar-refractivity contribution in [1.82, 2.24) is 20.2 Å². The van der Waals surface area contributed by atoms with E-state index in [0.717, 1.165) is 11.2 Å². The lowest BCUT2D eigenvalue weighted by molar-refractivity contribution is -0.132. The van der Waals surface area contributed by atoms with Gasteiger partial charge < -0.3 is 15.5 Å². The van der Waals surface area contributed by atoms with Gasteiger partial charge in [0.1, 0.15) is 11.7 Å². The number of carbonyl (C=O) groups excluding carboxylic acids is 2. The molecule has 0 bridgehead atoms. The maximum Gasteiger partial charge on any atom is 0.267 e. The highest BCUT2D eigenvalue weighted by Crippen LogP contribution is 2.09. The molecule has 0 aliphatic heterocycles. The highest BCUT2D eigenvalue weighted by Gasteiger charge is 2.33. The number of nitrogens with zero attached hydrogens (tertiary/aromatic N) is 2. The van der Waals surface area contributed by atoms with E-state index in [9.17, 15) is 9.59 Å². The standard InChI is InChI=1S/C23H21N5O3/c1-23(2,24)20(22(30)27-31)26-21(29)18-10-7-16(8-11-18)5-3-4-6-17-9-12-19-25-13-14-28(19)15-17/h7-15,20,31H,24H2,1-2H3,(H,26,29)(H,27,30). The Morgan fingerprint density at radius 3 is 2.39 bits per heavy atom. The molecule has 5 N–H and O–H groups in total. The summed E-state index contributed by atoms with van der Waals surface area (Å²) < 4.78 is 1.88. The third-order valence-electron chi connectivity index (χ3n) is 4.40. The van der Waals surface area contributed by atoms with Gasteiger partial charge >= 0.3 is 0 Å². The van der Waals surface area contributed by atoms with Crippen molar-refractivity contribution in [1.29, 1.82) is 0 Å². The average Bonchev–Trinajstić information content (AvgIpc) is 3.22. The van der Waals surface area contributed by atoms with E-state index < -0.39 is 23.4 Å². The topological polar surface area (TPSA) is 122 Å². The molecule has 8 nitrogen and oxygen atoms in total. The van der Waals surface area contributed by atoms with Gasteiger partial charge in [-0.2, -0.15) is 0 Å². The Labute approximate surface area is 179 Å². The first kappa shape index (κ1) is 21.6. The Morgan fingerprint density at radius 1 is 1.10 bits per heavy atom. The quantitative estimate of drug-likeness (QED) is 0.289. The fourth-order valence-corrected chi connectivity index (χ4v) is 2.77. The van der Waals surface area contributed by atoms with Gasteiger partial charge in [-0.05, 0) is 62.1 Å². The van der Waals surface area contributed by atoms with Crippen LogP contribution in [0.25, 0.3) is 5.65 Å². The van der Waals surface area contributed by atoms with Crippen LogP contribution in [0.15, 0.2) is 55.0 Å². The molecule has 0 aliphatic rings. The molecule has 1 unspecified atom stereocenters. The highest BCUT2D eigenvalue weighted by atomic mass is 16.5. The lowest BCUT2D eigenvalue weighted by Gasteiger charge is -2.29. The molecule has 2 heterocycles. The van der Waals surface area contributed by atoms with Gasteiger partial charge in [-0.1, -0.05) is 11.8 Å². The van der Waals surface area contributed by atoms with E-state index in [0.29, 0.717) is 11.1 Å². The molecular weight excluding hydrogens is 394 g/mol. The molecule has 0 radical (unpaired) electrons. The Balaban J connectivity index is 1.67. The molecule has 0 spiro atoms. The van der Waals surface area contributed by atoms with E-state index >= 15 is 0 Å². The molecule has 8 heteroatoms. The van der Waals surface area contributed by atoms with Crippen LogP contribution < -0.4 is 16.5 Å². The van der Waals surface area contributed by atoms with Gasteiger partial charge in [-0.25, -0.2) is 10.5 Å². The second kappa shape index (κ2) is 9.14. The normalized spacial score (nSPS) is 11.5. The van der Waals surface area contributed by atoms with E-state index in [1.165, 1.54) is 5.48 Å². The van der Waals surface area contributed by atoms with Crippen molar-refractivity contribution in [2.24, 2.45) is 5.73 Å². The van der Waals surface area contributed by atoms with Crippen LogP contribution in [0, 0.1) is 23.7 Å². The molecule has 1 atom stereocenters. The molecule has 156 valence electrons. The maximum absolute atomic E-state index is 12.4. The summed E-state index contributed by atoms with van der Waals surface area (Å²) in [6.45, 7) is 3.14. The molecular formula is C23H21N5O3. The fourth-order valence-electron chi connectivity index (χ4n) is 2.77. The number of rotatable bonds is 4. The second-order valence-electron chi connectivity index (χ2n) is 7.39. The summed E-state index contributed by atoms with van der Waals surface area (Å²) in [7, 11) is 0. The van der Waals surface area contributed by atoms with Crippen LogP contribution in [0.5, 0.6) is 0 Å². The number of hydrogen-bond donors (Lipinski definition) is 4. The number of nitrogens with one attached hydrogen (secondary N) is 2. The first-order valence-corrected chi connectivity index (χ1v) is 9.36. The fraction of sp³-hybridized carbons (Fsp3) is 0.174. The third kappa shape index (κ3) is 5.49. The van der Waals surface area contributed by atoms with E-state index in [-0.39, 0.29) is 0 Å². The summed E-state index contributed by atoms with van der Waals surface area (Å²) in [5, 5.41) is 11.4. The van der Waals surface area contributed by atoms with Crippen LogP contribution in [-0.4, -0.2) is 38.0 Å². The van der Waals surface area contributed by atoms with Gasteiger partial charge in [-0.3, -0.25) is 14.8 Å². The summed E-state index contributed by atoms with van der Waals surface area (Å²) in [5.41, 5.74) is 9.02. The Hall–Kier alpha value is -4.11. The average molecular weight is 415 g/mol. The van der Waals surface area contributed by atoms with Gasteiger partial charge in [-0.15, -0.1) is 0 Å². The first-order valence-electron chi connectivity index (χ1n) is 9.36. The lowest BCUT2D eigenvalue weighted by Crippen LogP contribution is -2.61.